The van der Waals surface area contributed by atoms with Crippen LogP contribution in [0.5, 0.6) is 69.0 Å². The predicted octanol–water partition coefficient (Wildman–Crippen LogP) is 19.3. The van der Waals surface area contributed by atoms with Crippen LogP contribution in [0.2, 0.25) is 0 Å². The summed E-state index contributed by atoms with van der Waals surface area (Å²) < 4.78 is 667. The minimum atomic E-state index is -3.47. The molecule has 786 valence electrons. The maximum Gasteiger partial charge on any atom is 0.161 e. The van der Waals surface area contributed by atoms with Gasteiger partial charge in [0, 0.05) is 180 Å². The summed E-state index contributed by atoms with van der Waals surface area (Å²) in [6.45, 7) is -27.6. The normalized spacial score (nSPS) is 43.3. The van der Waals surface area contributed by atoms with Gasteiger partial charge in [0.05, 0.1) is 155 Å². The molecule has 12 aliphatic heterocycles. The van der Waals surface area contributed by atoms with Crippen molar-refractivity contribution in [2.45, 2.75) is 291 Å². The summed E-state index contributed by atoms with van der Waals surface area (Å²) in [5.41, 5.74) is -15.2. The van der Waals surface area contributed by atoms with Crippen LogP contribution in [0, 0.1) is 69.5 Å². The summed E-state index contributed by atoms with van der Waals surface area (Å²) in [4.78, 5) is 4.81. The van der Waals surface area contributed by atoms with Crippen LogP contribution in [0.4, 0.5) is 0 Å². The highest BCUT2D eigenvalue weighted by molar-refractivity contribution is 5.55. The molecule has 0 aliphatic carbocycles. The smallest absolute Gasteiger partial charge is 0.161 e. The van der Waals surface area contributed by atoms with E-state index in [-0.39, 0.29) is 138 Å². The van der Waals surface area contributed by atoms with Crippen molar-refractivity contribution in [3.05, 3.63) is 139 Å². The van der Waals surface area contributed by atoms with Crippen molar-refractivity contribution in [2.24, 2.45) is 69.5 Å². The van der Waals surface area contributed by atoms with E-state index in [1.165, 1.54) is 28.4 Å². The second-order valence-electron chi connectivity index (χ2n) is 37.4. The third-order valence-corrected chi connectivity index (χ3v) is 25.0. The molecule has 6 fully saturated rings. The minimum Gasteiger partial charge on any atom is -0.493 e. The standard InChI is InChI=1S/3C20H31NO3.3C19H29NO3/c3*1-20(2,3)11-14-12-21-7-6-13-8-18(23-4)19(24-5)9-15(13)16(21)10-17(14)22;3*1-12(2)7-14-11-20-6-5-13-8-18(22-3)19(23-4)9-15(13)16(20)10-17(14)21/h3*8-9,14,16-17,22H,6-7,10-12H2,1-5H3;3*8-9,12,14,16-17,21H,5-7,10-11H2,1-4H3/i1D3,2D3,5D3,6D2,7D2,8D,9D,11D2,16D;2*1D3,2D3,6D2,7D2,8D,9D,11D2,16D;4D3,5D2,6D2,8D,9D,16D;2*5D2,6D2,8D,9D,16D. The summed E-state index contributed by atoms with van der Waals surface area (Å²) in [6.07, 6.45) is -38.0. The molecule has 12 heterocycles. The number of hydrogen-bond acceptors (Lipinski definition) is 24. The number of aliphatic hydroxyl groups is 6. The van der Waals surface area contributed by atoms with Gasteiger partial charge in [0.1, 0.15) is 0 Å². The third-order valence-electron chi connectivity index (χ3n) is 25.0. The lowest BCUT2D eigenvalue weighted by Crippen LogP contribution is -2.48. The maximum absolute atomic E-state index is 11.2. The van der Waals surface area contributed by atoms with Crippen LogP contribution in [0.25, 0.3) is 0 Å². The van der Waals surface area contributed by atoms with Crippen molar-refractivity contribution in [2.75, 3.05) is 163 Å². The van der Waals surface area contributed by atoms with Gasteiger partial charge in [-0.2, -0.15) is 0 Å². The molecule has 141 heavy (non-hydrogen) atoms. The summed E-state index contributed by atoms with van der Waals surface area (Å²) in [5.74, 6) is -11.0. The number of rotatable bonds is 21. The molecule has 24 nitrogen and oxygen atoms in total. The monoisotopic (exact) mass is 2030 g/mol. The minimum absolute atomic E-state index is 0.0318. The Morgan fingerprint density at radius 3 is 0.596 bits per heavy atom. The maximum atomic E-state index is 11.2. The fraction of sp³-hybridized carbons (Fsp3) is 0.692. The largest absolute Gasteiger partial charge is 0.493 e. The number of benzene rings is 6. The van der Waals surface area contributed by atoms with Gasteiger partial charge in [0.15, 0.2) is 69.0 Å². The zero-order valence-corrected chi connectivity index (χ0v) is 82.5. The Morgan fingerprint density at radius 2 is 0.440 bits per heavy atom. The second-order valence-corrected chi connectivity index (χ2v) is 37.4. The quantitative estimate of drug-likeness (QED) is 0.0392. The first kappa shape index (κ1) is 49.5. The van der Waals surface area contributed by atoms with Crippen LogP contribution in [-0.4, -0.2) is 260 Å². The molecule has 18 unspecified atom stereocenters. The molecule has 24 heteroatoms. The van der Waals surface area contributed by atoms with Crippen LogP contribution in [-0.2, 0) is 38.2 Å². The lowest BCUT2D eigenvalue weighted by Gasteiger charge is -2.47. The molecule has 0 radical (unpaired) electrons. The molecule has 6 aromatic carbocycles. The highest BCUT2D eigenvalue weighted by Gasteiger charge is 2.47. The van der Waals surface area contributed by atoms with E-state index in [4.69, 9.17) is 147 Å². The van der Waals surface area contributed by atoms with E-state index >= 15 is 0 Å². The lowest BCUT2D eigenvalue weighted by atomic mass is 9.75. The number of aliphatic hydroxyl groups excluding tert-OH is 6. The molecular formula is C117H180N6O18. The Labute approximate surface area is 947 Å². The summed E-state index contributed by atoms with van der Waals surface area (Å²) in [7, 11) is 5.55. The zero-order valence-electron chi connectivity index (χ0n) is 155. The molecule has 0 saturated carbocycles. The Balaban J connectivity index is 0.000000205. The molecular weight excluding hydrogens is 1780 g/mol. The number of hydrogen-bond donors (Lipinski definition) is 6. The van der Waals surface area contributed by atoms with E-state index in [0.29, 0.717) is 54.7 Å². The lowest BCUT2D eigenvalue weighted by molar-refractivity contribution is -0.0259. The molecule has 6 aromatic rings. The van der Waals surface area contributed by atoms with Gasteiger partial charge in [0.2, 0.25) is 0 Å². The molecule has 0 bridgehead atoms. The highest BCUT2D eigenvalue weighted by Crippen LogP contribution is 2.53. The van der Waals surface area contributed by atoms with Crippen LogP contribution in [0.15, 0.2) is 72.5 Å². The topological polar surface area (TPSA) is 252 Å². The number of ether oxygens (including phenoxy) is 12. The second kappa shape index (κ2) is 48.4. The van der Waals surface area contributed by atoms with E-state index in [0.717, 1.165) is 57.4 Å². The van der Waals surface area contributed by atoms with Gasteiger partial charge in [-0.25, -0.2) is 0 Å². The Bertz CT molecular complexity index is 8310. The predicted molar refractivity (Wildman–Crippen MR) is 561 cm³/mol. The third kappa shape index (κ3) is 26.9. The molecule has 0 aromatic heterocycles. The number of piperidine rings is 6. The first-order valence-corrected chi connectivity index (χ1v) is 46.1. The first-order valence-electron chi connectivity index (χ1n) is 82.1. The van der Waals surface area contributed by atoms with Gasteiger partial charge in [-0.3, -0.25) is 29.4 Å². The van der Waals surface area contributed by atoms with E-state index in [1.807, 2.05) is 41.5 Å². The zero-order chi connectivity index (χ0) is 165. The van der Waals surface area contributed by atoms with Gasteiger partial charge in [0.25, 0.3) is 0 Å². The summed E-state index contributed by atoms with van der Waals surface area (Å²) >= 11 is 0. The summed E-state index contributed by atoms with van der Waals surface area (Å²) in [5, 5.41) is 66.1. The SMILES string of the molecule is [2H]c1c(OC([2H])([2H])[2H])c(OC)c([2H])c2c1C1([2H])CC(O)C(C([2H])([2H])C(C)(C([2H])([2H])[2H])C([2H])([2H])[2H])CN1C([2H])([2H])C2([2H])[2H].[2H]c1c(OC([2H])([2H])[2H])c(OC)c([2H])c2c1C1([2H])CC(O)C(CC(C)C)CN1C([2H])([2H])C2([2H])[2H].[2H]c1c(OC)c(OC)c([2H])c2c1C1([2H])CC(O)C(C([2H])([2H])C(C)(C([2H])([2H])[2H])C([2H])([2H])[2H])CN1C([2H])([2H])C2([2H])[2H].[2H]c1c(OC)c(OC)c([2H])c2c1C1([2H])CC(O)C(C([2H])([2H])C(C)(C([2H])([2H])[2H])C([2H])([2H])[2H])CN1C([2H])([2H])C2([2H])[2H].[2H]c1c(OC)c(OC)c([2H])c2c1C1([2H])CC(O)C(CC(C)C)CN1C([2H])([2H])C2([2H])[2H].[2H]c1c(OC)c(OC)c([2H])c2c1C1([2H])CC(O)C(CC(C)C)CN1C([2H])([2H])C2([2H])[2H]. The van der Waals surface area contributed by atoms with Gasteiger partial charge in [-0.05, 0) is 324 Å². The van der Waals surface area contributed by atoms with Gasteiger partial charge < -0.3 is 87.5 Å². The van der Waals surface area contributed by atoms with Crippen LogP contribution < -0.4 is 56.8 Å². The Morgan fingerprint density at radius 1 is 0.284 bits per heavy atom. The van der Waals surface area contributed by atoms with Crippen molar-refractivity contribution in [3.8, 4) is 69.0 Å². The summed E-state index contributed by atoms with van der Waals surface area (Å²) in [6, 6.07) is -20.9. The van der Waals surface area contributed by atoms with Crippen molar-refractivity contribution >= 4 is 0 Å². The first-order chi connectivity index (χ1) is 95.5. The van der Waals surface area contributed by atoms with Gasteiger partial charge >= 0.3 is 0 Å². The molecule has 18 rings (SSSR count). The Kier molecular flexibility index (Phi) is 17.0. The van der Waals surface area contributed by atoms with E-state index in [1.54, 1.807) is 0 Å². The van der Waals surface area contributed by atoms with E-state index < -0.39 is 442 Å². The number of nitrogens with zero attached hydrogens (tertiary/aromatic N) is 6. The van der Waals surface area contributed by atoms with Crippen molar-refractivity contribution in [1.82, 2.24) is 29.4 Å². The van der Waals surface area contributed by atoms with Gasteiger partial charge in [-0.15, -0.1) is 0 Å². The van der Waals surface area contributed by atoms with Crippen molar-refractivity contribution in [1.29, 1.82) is 0 Å². The van der Waals surface area contributed by atoms with Crippen molar-refractivity contribution < 1.29 is 186 Å². The van der Waals surface area contributed by atoms with E-state index in [2.05, 4.69) is 0 Å². The fourth-order valence-corrected chi connectivity index (χ4v) is 18.6. The average molecular weight is 2030 g/mol. The Hall–Kier alpha value is -7.56. The van der Waals surface area contributed by atoms with E-state index in [9.17, 15) is 38.9 Å². The average Bonchev–Trinajstić information content (AvgIpc) is 0.651. The molecule has 6 saturated heterocycles. The van der Waals surface area contributed by atoms with Crippen LogP contribution >= 0.6 is 0 Å². The molecule has 18 atom stereocenters. The van der Waals surface area contributed by atoms with Crippen LogP contribution in [0.3, 0.4) is 0 Å². The molecule has 0 spiro atoms. The molecule has 0 amide bonds. The van der Waals surface area contributed by atoms with Crippen molar-refractivity contribution in [3.63, 3.8) is 0 Å². The number of fused-ring (bicyclic) bond motifs is 18. The molecule has 12 aliphatic rings. The highest BCUT2D eigenvalue weighted by atomic mass is 16.5. The fourth-order valence-electron chi connectivity index (χ4n) is 18.6. The van der Waals surface area contributed by atoms with Gasteiger partial charge in [-0.1, -0.05) is 103 Å². The molecule has 6 N–H and O–H groups in total. The van der Waals surface area contributed by atoms with Crippen LogP contribution in [0.1, 0.15) is 382 Å². The number of methoxy groups -OCH3 is 12.